The minimum atomic E-state index is -0.891. The third-order valence-electron chi connectivity index (χ3n) is 3.03. The molecule has 0 radical (unpaired) electrons. The number of para-hydroxylation sites is 1. The first kappa shape index (κ1) is 14.8. The van der Waals surface area contributed by atoms with E-state index >= 15 is 0 Å². The summed E-state index contributed by atoms with van der Waals surface area (Å²) in [5.41, 5.74) is 1.43. The number of nitrogens with zero attached hydrogens (tertiary/aromatic N) is 1. The van der Waals surface area contributed by atoms with Crippen LogP contribution in [-0.4, -0.2) is 22.7 Å². The fraction of sp³-hybridized carbons (Fsp3) is 0.188. The second-order valence-electron chi connectivity index (χ2n) is 4.72. The van der Waals surface area contributed by atoms with Gasteiger partial charge in [-0.2, -0.15) is 0 Å². The molecule has 0 aromatic heterocycles. The number of carboxylic acid groups (broad SMARTS) is 1. The number of benzene rings is 2. The van der Waals surface area contributed by atoms with Crippen LogP contribution in [-0.2, 0) is 11.3 Å². The molecule has 0 spiro atoms. The van der Waals surface area contributed by atoms with Crippen molar-refractivity contribution in [3.05, 3.63) is 59.9 Å². The van der Waals surface area contributed by atoms with E-state index in [4.69, 9.17) is 5.11 Å². The zero-order valence-electron chi connectivity index (χ0n) is 11.4. The Morgan fingerprint density at radius 1 is 1.14 bits per heavy atom. The van der Waals surface area contributed by atoms with Crippen molar-refractivity contribution in [1.29, 1.82) is 0 Å². The van der Waals surface area contributed by atoms with Crippen LogP contribution in [0.25, 0.3) is 0 Å². The number of phenols is 1. The molecular weight excluding hydrogens is 273 g/mol. The van der Waals surface area contributed by atoms with Crippen LogP contribution in [0.15, 0.2) is 48.5 Å². The number of halogens is 1. The second kappa shape index (κ2) is 6.74. The van der Waals surface area contributed by atoms with Gasteiger partial charge in [-0.3, -0.25) is 4.79 Å². The maximum Gasteiger partial charge on any atom is 0.305 e. The molecule has 0 unspecified atom stereocenters. The van der Waals surface area contributed by atoms with Gasteiger partial charge in [-0.05, 0) is 29.8 Å². The Balaban J connectivity index is 2.20. The van der Waals surface area contributed by atoms with Crippen molar-refractivity contribution in [2.24, 2.45) is 0 Å². The molecule has 0 amide bonds. The molecule has 0 bridgehead atoms. The molecule has 0 aliphatic heterocycles. The van der Waals surface area contributed by atoms with Crippen molar-refractivity contribution in [3.8, 4) is 5.75 Å². The predicted octanol–water partition coefficient (Wildman–Crippen LogP) is 3.01. The molecule has 2 aromatic carbocycles. The molecule has 0 saturated carbocycles. The highest BCUT2D eigenvalue weighted by atomic mass is 19.1. The molecule has 0 aliphatic rings. The Bertz CT molecular complexity index is 596. The number of anilines is 1. The Morgan fingerprint density at radius 2 is 1.86 bits per heavy atom. The van der Waals surface area contributed by atoms with Crippen molar-refractivity contribution in [2.45, 2.75) is 13.0 Å². The molecule has 2 rings (SSSR count). The first-order valence-electron chi connectivity index (χ1n) is 6.55. The van der Waals surface area contributed by atoms with Crippen molar-refractivity contribution in [3.63, 3.8) is 0 Å². The molecule has 110 valence electrons. The standard InChI is InChI=1S/C16H16FNO3/c17-13-8-12(9-15(19)10-13)11-18(7-6-16(20)21)14-4-2-1-3-5-14/h1-5,8-10,19H,6-7,11H2,(H,20,21). The number of hydrogen-bond donors (Lipinski definition) is 2. The molecule has 5 heteroatoms. The van der Waals surface area contributed by atoms with Gasteiger partial charge in [0, 0.05) is 24.8 Å². The van der Waals surface area contributed by atoms with Gasteiger partial charge >= 0.3 is 5.97 Å². The summed E-state index contributed by atoms with van der Waals surface area (Å²) in [6.07, 6.45) is -0.0177. The molecule has 0 aliphatic carbocycles. The predicted molar refractivity (Wildman–Crippen MR) is 77.8 cm³/mol. The van der Waals surface area contributed by atoms with Crippen LogP contribution < -0.4 is 4.90 Å². The van der Waals surface area contributed by atoms with Crippen LogP contribution >= 0.6 is 0 Å². The van der Waals surface area contributed by atoms with Gasteiger partial charge in [0.2, 0.25) is 0 Å². The van der Waals surface area contributed by atoms with E-state index < -0.39 is 11.8 Å². The summed E-state index contributed by atoms with van der Waals surface area (Å²) >= 11 is 0. The number of carbonyl (C=O) groups is 1. The van der Waals surface area contributed by atoms with Crippen LogP contribution in [0.3, 0.4) is 0 Å². The highest BCUT2D eigenvalue weighted by Crippen LogP contribution is 2.20. The third kappa shape index (κ3) is 4.49. The highest BCUT2D eigenvalue weighted by molar-refractivity contribution is 5.67. The molecule has 0 atom stereocenters. The molecular formula is C16H16FNO3. The van der Waals surface area contributed by atoms with Gasteiger partial charge < -0.3 is 15.1 Å². The van der Waals surface area contributed by atoms with E-state index in [0.717, 1.165) is 11.8 Å². The van der Waals surface area contributed by atoms with Crippen molar-refractivity contribution >= 4 is 11.7 Å². The van der Waals surface area contributed by atoms with E-state index in [9.17, 15) is 14.3 Å². The van der Waals surface area contributed by atoms with Crippen LogP contribution in [0.4, 0.5) is 10.1 Å². The first-order valence-corrected chi connectivity index (χ1v) is 6.55. The summed E-state index contributed by atoms with van der Waals surface area (Å²) < 4.78 is 13.3. The topological polar surface area (TPSA) is 60.8 Å². The summed E-state index contributed by atoms with van der Waals surface area (Å²) in [5, 5.41) is 18.3. The fourth-order valence-electron chi connectivity index (χ4n) is 2.11. The van der Waals surface area contributed by atoms with Crippen LogP contribution in [0.2, 0.25) is 0 Å². The van der Waals surface area contributed by atoms with Gasteiger partial charge in [0.05, 0.1) is 6.42 Å². The van der Waals surface area contributed by atoms with Crippen LogP contribution in [0.5, 0.6) is 5.75 Å². The lowest BCUT2D eigenvalue weighted by Gasteiger charge is -2.24. The van der Waals surface area contributed by atoms with Gasteiger partial charge in [0.25, 0.3) is 0 Å². The molecule has 0 heterocycles. The van der Waals surface area contributed by atoms with E-state index in [-0.39, 0.29) is 12.2 Å². The Kier molecular flexibility index (Phi) is 4.77. The third-order valence-corrected chi connectivity index (χ3v) is 3.03. The zero-order chi connectivity index (χ0) is 15.2. The monoisotopic (exact) mass is 289 g/mol. The van der Waals surface area contributed by atoms with Crippen molar-refractivity contribution < 1.29 is 19.4 Å². The molecule has 4 nitrogen and oxygen atoms in total. The number of aliphatic carboxylic acids is 1. The molecule has 2 aromatic rings. The second-order valence-corrected chi connectivity index (χ2v) is 4.72. The number of hydrogen-bond acceptors (Lipinski definition) is 3. The minimum Gasteiger partial charge on any atom is -0.508 e. The van der Waals surface area contributed by atoms with E-state index in [1.54, 1.807) is 0 Å². The molecule has 0 fully saturated rings. The van der Waals surface area contributed by atoms with Crippen LogP contribution in [0.1, 0.15) is 12.0 Å². The maximum absolute atomic E-state index is 13.3. The summed E-state index contributed by atoms with van der Waals surface area (Å²) in [6, 6.07) is 13.1. The fourth-order valence-corrected chi connectivity index (χ4v) is 2.11. The van der Waals surface area contributed by atoms with Gasteiger partial charge in [-0.15, -0.1) is 0 Å². The number of rotatable bonds is 6. The number of carboxylic acids is 1. The minimum absolute atomic E-state index is 0.0177. The summed E-state index contributed by atoms with van der Waals surface area (Å²) in [5.74, 6) is -1.55. The zero-order valence-corrected chi connectivity index (χ0v) is 11.4. The Morgan fingerprint density at radius 3 is 2.48 bits per heavy atom. The van der Waals surface area contributed by atoms with Crippen molar-refractivity contribution in [1.82, 2.24) is 0 Å². The van der Waals surface area contributed by atoms with Gasteiger partial charge in [-0.25, -0.2) is 4.39 Å². The summed E-state index contributed by atoms with van der Waals surface area (Å²) in [7, 11) is 0. The first-order chi connectivity index (χ1) is 10.0. The highest BCUT2D eigenvalue weighted by Gasteiger charge is 2.10. The largest absolute Gasteiger partial charge is 0.508 e. The molecule has 21 heavy (non-hydrogen) atoms. The van der Waals surface area contributed by atoms with E-state index in [1.807, 2.05) is 35.2 Å². The lowest BCUT2D eigenvalue weighted by atomic mass is 10.1. The van der Waals surface area contributed by atoms with Gasteiger partial charge in [0.1, 0.15) is 11.6 Å². The van der Waals surface area contributed by atoms with Gasteiger partial charge in [0.15, 0.2) is 0 Å². The van der Waals surface area contributed by atoms with E-state index in [0.29, 0.717) is 18.7 Å². The maximum atomic E-state index is 13.3. The van der Waals surface area contributed by atoms with E-state index in [1.165, 1.54) is 12.1 Å². The summed E-state index contributed by atoms with van der Waals surface area (Å²) in [4.78, 5) is 12.6. The smallest absolute Gasteiger partial charge is 0.305 e. The van der Waals surface area contributed by atoms with Crippen LogP contribution in [0, 0.1) is 5.82 Å². The Labute approximate surface area is 122 Å². The lowest BCUT2D eigenvalue weighted by Crippen LogP contribution is -2.25. The van der Waals surface area contributed by atoms with E-state index in [2.05, 4.69) is 0 Å². The van der Waals surface area contributed by atoms with Crippen molar-refractivity contribution in [2.75, 3.05) is 11.4 Å². The lowest BCUT2D eigenvalue weighted by molar-refractivity contribution is -0.136. The Hall–Kier alpha value is -2.56. The molecule has 0 saturated heterocycles. The normalized spacial score (nSPS) is 10.3. The average molecular weight is 289 g/mol. The summed E-state index contributed by atoms with van der Waals surface area (Å²) in [6.45, 7) is 0.624. The average Bonchev–Trinajstić information content (AvgIpc) is 2.43. The number of aromatic hydroxyl groups is 1. The number of phenolic OH excluding ortho intramolecular Hbond substituents is 1. The SMILES string of the molecule is O=C(O)CCN(Cc1cc(O)cc(F)c1)c1ccccc1. The molecule has 2 N–H and O–H groups in total. The van der Waals surface area contributed by atoms with Gasteiger partial charge in [-0.1, -0.05) is 18.2 Å². The quantitative estimate of drug-likeness (QED) is 0.858.